The van der Waals surface area contributed by atoms with Crippen molar-refractivity contribution in [2.24, 2.45) is 4.99 Å². The van der Waals surface area contributed by atoms with E-state index in [9.17, 15) is 13.2 Å². The fourth-order valence-corrected chi connectivity index (χ4v) is 4.54. The summed E-state index contributed by atoms with van der Waals surface area (Å²) in [4.78, 5) is 17.2. The lowest BCUT2D eigenvalue weighted by atomic mass is 9.91. The Hall–Kier alpha value is -2.67. The molecular weight excluding hydrogens is 398 g/mol. The molecule has 1 heterocycles. The van der Waals surface area contributed by atoms with Crippen molar-refractivity contribution >= 4 is 27.5 Å². The number of sulfonamides is 1. The monoisotopic (exact) mass is 427 g/mol. The van der Waals surface area contributed by atoms with Gasteiger partial charge in [-0.1, -0.05) is 45.9 Å². The van der Waals surface area contributed by atoms with Crippen LogP contribution in [0.4, 0.5) is 5.69 Å². The zero-order valence-corrected chi connectivity index (χ0v) is 18.7. The van der Waals surface area contributed by atoms with Crippen molar-refractivity contribution in [2.45, 2.75) is 57.3 Å². The minimum atomic E-state index is -3.74. The van der Waals surface area contributed by atoms with Crippen molar-refractivity contribution in [3.05, 3.63) is 59.2 Å². The third-order valence-corrected chi connectivity index (χ3v) is 6.52. The zero-order chi connectivity index (χ0) is 21.9. The standard InChI is InChI=1S/C23H29N3O3S/c1-15(2)17-10-11-20(21(13-17)16(3)4)23(27)25-18-7-5-8-19(14-18)30(28,29)26-22-9-6-12-24-22/h5,7-8,10-11,13-16H,6,9,12H2,1-4H3,(H,24,26)(H,25,27). The molecule has 0 atom stereocenters. The highest BCUT2D eigenvalue weighted by Gasteiger charge is 2.20. The third kappa shape index (κ3) is 5.08. The molecule has 160 valence electrons. The topological polar surface area (TPSA) is 87.6 Å². The summed E-state index contributed by atoms with van der Waals surface area (Å²) in [7, 11) is -3.74. The molecule has 30 heavy (non-hydrogen) atoms. The first-order valence-electron chi connectivity index (χ1n) is 10.3. The number of nitrogens with zero attached hydrogens (tertiary/aromatic N) is 1. The fraction of sp³-hybridized carbons (Fsp3) is 0.391. The van der Waals surface area contributed by atoms with Crippen LogP contribution in [-0.2, 0) is 10.0 Å². The quantitative estimate of drug-likeness (QED) is 0.703. The molecule has 3 rings (SSSR count). The fourth-order valence-electron chi connectivity index (χ4n) is 3.40. The van der Waals surface area contributed by atoms with Crippen LogP contribution in [0.1, 0.15) is 73.9 Å². The SMILES string of the molecule is CC(C)c1ccc(C(=O)Nc2cccc(S(=O)(=O)NC3=NCCC3)c2)c(C(C)C)c1. The van der Waals surface area contributed by atoms with Gasteiger partial charge in [0.25, 0.3) is 15.9 Å². The highest BCUT2D eigenvalue weighted by atomic mass is 32.2. The van der Waals surface area contributed by atoms with Gasteiger partial charge in [-0.05, 0) is 53.6 Å². The Balaban J connectivity index is 1.83. The van der Waals surface area contributed by atoms with Crippen molar-refractivity contribution in [3.8, 4) is 0 Å². The summed E-state index contributed by atoms with van der Waals surface area (Å²) in [5.74, 6) is 0.791. The molecule has 0 saturated heterocycles. The van der Waals surface area contributed by atoms with Crippen LogP contribution in [0.15, 0.2) is 52.4 Å². The lowest BCUT2D eigenvalue weighted by Crippen LogP contribution is -2.29. The second kappa shape index (κ2) is 9.00. The van der Waals surface area contributed by atoms with E-state index in [1.54, 1.807) is 12.1 Å². The summed E-state index contributed by atoms with van der Waals surface area (Å²) >= 11 is 0. The molecule has 1 aliphatic heterocycles. The average molecular weight is 428 g/mol. The number of nitrogens with one attached hydrogen (secondary N) is 2. The summed E-state index contributed by atoms with van der Waals surface area (Å²) < 4.78 is 27.8. The van der Waals surface area contributed by atoms with Gasteiger partial charge in [0.05, 0.1) is 4.90 Å². The maximum atomic E-state index is 13.0. The van der Waals surface area contributed by atoms with E-state index in [0.717, 1.165) is 12.0 Å². The molecule has 0 aromatic heterocycles. The molecule has 2 N–H and O–H groups in total. The number of hydrogen-bond acceptors (Lipinski definition) is 4. The minimum absolute atomic E-state index is 0.0918. The van der Waals surface area contributed by atoms with Gasteiger partial charge in [0, 0.05) is 24.2 Å². The van der Waals surface area contributed by atoms with Gasteiger partial charge in [-0.2, -0.15) is 0 Å². The van der Waals surface area contributed by atoms with E-state index in [2.05, 4.69) is 48.8 Å². The number of anilines is 1. The molecule has 2 aromatic carbocycles. The van der Waals surface area contributed by atoms with Crippen molar-refractivity contribution in [1.82, 2.24) is 4.72 Å². The Morgan fingerprint density at radius 3 is 2.43 bits per heavy atom. The maximum absolute atomic E-state index is 13.0. The Kier molecular flexibility index (Phi) is 6.61. The molecule has 0 fully saturated rings. The molecule has 2 aromatic rings. The van der Waals surface area contributed by atoms with E-state index < -0.39 is 10.0 Å². The summed E-state index contributed by atoms with van der Waals surface area (Å²) in [5.41, 5.74) is 3.19. The van der Waals surface area contributed by atoms with Gasteiger partial charge in [0.1, 0.15) is 5.84 Å². The second-order valence-electron chi connectivity index (χ2n) is 8.18. The molecule has 0 radical (unpaired) electrons. The van der Waals surface area contributed by atoms with E-state index >= 15 is 0 Å². The van der Waals surface area contributed by atoms with Crippen molar-refractivity contribution in [2.75, 3.05) is 11.9 Å². The van der Waals surface area contributed by atoms with Gasteiger partial charge in [0.2, 0.25) is 0 Å². The van der Waals surface area contributed by atoms with Crippen LogP contribution in [-0.4, -0.2) is 26.7 Å². The maximum Gasteiger partial charge on any atom is 0.262 e. The van der Waals surface area contributed by atoms with Crippen LogP contribution in [0.5, 0.6) is 0 Å². The number of aliphatic imine (C=N–C) groups is 1. The Labute approximate surface area is 178 Å². The Morgan fingerprint density at radius 2 is 1.80 bits per heavy atom. The number of amides is 1. The van der Waals surface area contributed by atoms with Gasteiger partial charge < -0.3 is 5.32 Å². The first kappa shape index (κ1) is 22.0. The average Bonchev–Trinajstić information content (AvgIpc) is 3.19. The van der Waals surface area contributed by atoms with E-state index in [-0.39, 0.29) is 16.7 Å². The first-order chi connectivity index (χ1) is 14.2. The van der Waals surface area contributed by atoms with Gasteiger partial charge in [-0.25, -0.2) is 8.42 Å². The third-order valence-electron chi connectivity index (χ3n) is 5.14. The van der Waals surface area contributed by atoms with Crippen LogP contribution in [0.3, 0.4) is 0 Å². The molecule has 1 aliphatic rings. The second-order valence-corrected chi connectivity index (χ2v) is 9.86. The highest BCUT2D eigenvalue weighted by Crippen LogP contribution is 2.26. The predicted molar refractivity (Wildman–Crippen MR) is 121 cm³/mol. The lowest BCUT2D eigenvalue weighted by Gasteiger charge is -2.16. The van der Waals surface area contributed by atoms with E-state index in [4.69, 9.17) is 0 Å². The van der Waals surface area contributed by atoms with Crippen molar-refractivity contribution in [3.63, 3.8) is 0 Å². The summed E-state index contributed by atoms with van der Waals surface area (Å²) in [6, 6.07) is 12.2. The zero-order valence-electron chi connectivity index (χ0n) is 17.9. The highest BCUT2D eigenvalue weighted by molar-refractivity contribution is 7.90. The summed E-state index contributed by atoms with van der Waals surface area (Å²) in [6.45, 7) is 9.00. The number of benzene rings is 2. The molecule has 0 bridgehead atoms. The molecule has 1 amide bonds. The molecule has 0 unspecified atom stereocenters. The van der Waals surface area contributed by atoms with Crippen LogP contribution in [0, 0.1) is 0 Å². The number of rotatable bonds is 6. The van der Waals surface area contributed by atoms with Crippen molar-refractivity contribution < 1.29 is 13.2 Å². The lowest BCUT2D eigenvalue weighted by molar-refractivity contribution is 0.102. The van der Waals surface area contributed by atoms with Crippen LogP contribution < -0.4 is 10.0 Å². The van der Waals surface area contributed by atoms with Gasteiger partial charge in [-0.3, -0.25) is 14.5 Å². The van der Waals surface area contributed by atoms with Crippen LogP contribution >= 0.6 is 0 Å². The molecule has 7 heteroatoms. The molecule has 0 aliphatic carbocycles. The van der Waals surface area contributed by atoms with Gasteiger partial charge in [0.15, 0.2) is 0 Å². The molecule has 6 nitrogen and oxygen atoms in total. The normalized spacial score (nSPS) is 14.1. The molecule has 0 spiro atoms. The Bertz CT molecular complexity index is 1070. The number of carbonyl (C=O) groups is 1. The molecular formula is C23H29N3O3S. The first-order valence-corrected chi connectivity index (χ1v) is 11.8. The van der Waals surface area contributed by atoms with Gasteiger partial charge in [-0.15, -0.1) is 0 Å². The Morgan fingerprint density at radius 1 is 1.03 bits per heavy atom. The number of amidine groups is 1. The van der Waals surface area contributed by atoms with Crippen molar-refractivity contribution in [1.29, 1.82) is 0 Å². The smallest absolute Gasteiger partial charge is 0.262 e. The number of carbonyl (C=O) groups excluding carboxylic acids is 1. The summed E-state index contributed by atoms with van der Waals surface area (Å²) in [5, 5.41) is 2.85. The van der Waals surface area contributed by atoms with Crippen LogP contribution in [0.2, 0.25) is 0 Å². The number of hydrogen-bond donors (Lipinski definition) is 2. The van der Waals surface area contributed by atoms with Crippen LogP contribution in [0.25, 0.3) is 0 Å². The summed E-state index contributed by atoms with van der Waals surface area (Å²) in [6.07, 6.45) is 1.47. The predicted octanol–water partition coefficient (Wildman–Crippen LogP) is 4.66. The van der Waals surface area contributed by atoms with Gasteiger partial charge >= 0.3 is 0 Å². The minimum Gasteiger partial charge on any atom is -0.322 e. The van der Waals surface area contributed by atoms with E-state index in [1.165, 1.54) is 17.7 Å². The van der Waals surface area contributed by atoms with E-state index in [1.807, 2.05) is 12.1 Å². The largest absolute Gasteiger partial charge is 0.322 e. The van der Waals surface area contributed by atoms with E-state index in [0.29, 0.717) is 36.0 Å². The molecule has 0 saturated carbocycles.